The fourth-order valence-corrected chi connectivity index (χ4v) is 3.33. The van der Waals surface area contributed by atoms with Crippen molar-refractivity contribution in [3.63, 3.8) is 0 Å². The van der Waals surface area contributed by atoms with Crippen molar-refractivity contribution in [2.75, 3.05) is 25.9 Å². The third-order valence-electron chi connectivity index (χ3n) is 3.90. The Balaban J connectivity index is 1.95. The van der Waals surface area contributed by atoms with Crippen molar-refractivity contribution < 1.29 is 8.78 Å². The molecule has 0 saturated carbocycles. The SMILES string of the molecule is CSC1(CN)CCN(Cc2cc(F)cc(F)c2)CC1. The number of halogens is 2. The minimum Gasteiger partial charge on any atom is -0.329 e. The van der Waals surface area contributed by atoms with Gasteiger partial charge in [-0.15, -0.1) is 0 Å². The Kier molecular flexibility index (Phi) is 4.81. The molecule has 2 nitrogen and oxygen atoms in total. The van der Waals surface area contributed by atoms with Crippen molar-refractivity contribution in [2.45, 2.75) is 24.1 Å². The second kappa shape index (κ2) is 6.20. The van der Waals surface area contributed by atoms with Gasteiger partial charge in [0.25, 0.3) is 0 Å². The first-order chi connectivity index (χ1) is 9.07. The van der Waals surface area contributed by atoms with Gasteiger partial charge in [-0.25, -0.2) is 8.78 Å². The molecule has 1 fully saturated rings. The smallest absolute Gasteiger partial charge is 0.126 e. The molecule has 0 unspecified atom stereocenters. The van der Waals surface area contributed by atoms with E-state index >= 15 is 0 Å². The van der Waals surface area contributed by atoms with Crippen LogP contribution in [-0.4, -0.2) is 35.5 Å². The van der Waals surface area contributed by atoms with Gasteiger partial charge in [0.1, 0.15) is 11.6 Å². The number of nitrogens with zero attached hydrogens (tertiary/aromatic N) is 1. The zero-order valence-electron chi connectivity index (χ0n) is 11.2. The van der Waals surface area contributed by atoms with Crippen molar-refractivity contribution >= 4 is 11.8 Å². The molecule has 0 aliphatic carbocycles. The Bertz CT molecular complexity index is 405. The zero-order valence-corrected chi connectivity index (χ0v) is 12.0. The van der Waals surface area contributed by atoms with Crippen LogP contribution in [0.4, 0.5) is 8.78 Å². The Labute approximate surface area is 117 Å². The molecule has 0 bridgehead atoms. The Morgan fingerprint density at radius 3 is 2.26 bits per heavy atom. The number of benzene rings is 1. The lowest BCUT2D eigenvalue weighted by atomic mass is 9.95. The van der Waals surface area contributed by atoms with Crippen molar-refractivity contribution in [3.05, 3.63) is 35.4 Å². The van der Waals surface area contributed by atoms with E-state index in [1.807, 2.05) is 11.8 Å². The Morgan fingerprint density at radius 1 is 1.21 bits per heavy atom. The van der Waals surface area contributed by atoms with Gasteiger partial charge in [0, 0.05) is 23.9 Å². The summed E-state index contributed by atoms with van der Waals surface area (Å²) in [6, 6.07) is 3.72. The van der Waals surface area contributed by atoms with Crippen LogP contribution in [-0.2, 0) is 6.54 Å². The zero-order chi connectivity index (χ0) is 13.9. The van der Waals surface area contributed by atoms with Crippen LogP contribution in [0.2, 0.25) is 0 Å². The van der Waals surface area contributed by atoms with Gasteiger partial charge >= 0.3 is 0 Å². The summed E-state index contributed by atoms with van der Waals surface area (Å²) in [5, 5.41) is 0. The summed E-state index contributed by atoms with van der Waals surface area (Å²) in [6.07, 6.45) is 4.16. The molecule has 1 aromatic rings. The van der Waals surface area contributed by atoms with Crippen LogP contribution in [0.25, 0.3) is 0 Å². The minimum absolute atomic E-state index is 0.184. The summed E-state index contributed by atoms with van der Waals surface area (Å²) in [5.74, 6) is -1.01. The second-order valence-electron chi connectivity index (χ2n) is 5.15. The minimum atomic E-state index is -0.507. The van der Waals surface area contributed by atoms with E-state index < -0.39 is 11.6 Å². The molecule has 19 heavy (non-hydrogen) atoms. The normalized spacial score (nSPS) is 19.6. The van der Waals surface area contributed by atoms with Crippen molar-refractivity contribution in [2.24, 2.45) is 5.73 Å². The second-order valence-corrected chi connectivity index (χ2v) is 6.42. The van der Waals surface area contributed by atoms with E-state index in [1.54, 1.807) is 0 Å². The van der Waals surface area contributed by atoms with Gasteiger partial charge in [0.05, 0.1) is 0 Å². The highest BCUT2D eigenvalue weighted by molar-refractivity contribution is 8.00. The first-order valence-corrected chi connectivity index (χ1v) is 7.72. The quantitative estimate of drug-likeness (QED) is 0.922. The van der Waals surface area contributed by atoms with Gasteiger partial charge in [-0.3, -0.25) is 4.90 Å². The van der Waals surface area contributed by atoms with Gasteiger partial charge in [0.15, 0.2) is 0 Å². The molecule has 5 heteroatoms. The number of thioether (sulfide) groups is 1. The topological polar surface area (TPSA) is 29.3 Å². The molecule has 1 aliphatic rings. The fraction of sp³-hybridized carbons (Fsp3) is 0.571. The molecule has 1 saturated heterocycles. The molecule has 2 rings (SSSR count). The van der Waals surface area contributed by atoms with E-state index in [9.17, 15) is 8.78 Å². The number of nitrogens with two attached hydrogens (primary N) is 1. The highest BCUT2D eigenvalue weighted by Crippen LogP contribution is 2.33. The van der Waals surface area contributed by atoms with Gasteiger partial charge in [-0.1, -0.05) is 0 Å². The van der Waals surface area contributed by atoms with E-state index in [4.69, 9.17) is 5.73 Å². The highest BCUT2D eigenvalue weighted by atomic mass is 32.2. The predicted octanol–water partition coefficient (Wildman–Crippen LogP) is 2.62. The molecule has 0 radical (unpaired) electrons. The Hall–Kier alpha value is -0.650. The van der Waals surface area contributed by atoms with Crippen molar-refractivity contribution in [1.29, 1.82) is 0 Å². The maximum atomic E-state index is 13.1. The molecule has 1 heterocycles. The summed E-state index contributed by atoms with van der Waals surface area (Å²) < 4.78 is 26.5. The highest BCUT2D eigenvalue weighted by Gasteiger charge is 2.32. The average Bonchev–Trinajstić information content (AvgIpc) is 2.39. The van der Waals surface area contributed by atoms with Crippen LogP contribution < -0.4 is 5.73 Å². The largest absolute Gasteiger partial charge is 0.329 e. The maximum absolute atomic E-state index is 13.1. The number of likely N-dealkylation sites (tertiary alicyclic amines) is 1. The summed E-state index contributed by atoms with van der Waals surface area (Å²) >= 11 is 1.83. The maximum Gasteiger partial charge on any atom is 0.126 e. The lowest BCUT2D eigenvalue weighted by Crippen LogP contribution is -2.46. The molecule has 0 amide bonds. The van der Waals surface area contributed by atoms with E-state index in [0.717, 1.165) is 32.0 Å². The molecular weight excluding hydrogens is 266 g/mol. The van der Waals surface area contributed by atoms with E-state index in [1.165, 1.54) is 12.1 Å². The van der Waals surface area contributed by atoms with Crippen molar-refractivity contribution in [3.8, 4) is 0 Å². The lowest BCUT2D eigenvalue weighted by molar-refractivity contribution is 0.194. The van der Waals surface area contributed by atoms with Crippen LogP contribution in [0, 0.1) is 11.6 Å². The summed E-state index contributed by atoms with van der Waals surface area (Å²) in [6.45, 7) is 3.15. The van der Waals surface area contributed by atoms with Gasteiger partial charge in [0.2, 0.25) is 0 Å². The average molecular weight is 286 g/mol. The van der Waals surface area contributed by atoms with E-state index in [2.05, 4.69) is 11.2 Å². The van der Waals surface area contributed by atoms with Gasteiger partial charge < -0.3 is 5.73 Å². The number of hydrogen-bond acceptors (Lipinski definition) is 3. The van der Waals surface area contributed by atoms with Crippen LogP contribution in [0.15, 0.2) is 18.2 Å². The third kappa shape index (κ3) is 3.68. The first-order valence-electron chi connectivity index (χ1n) is 6.49. The molecule has 106 valence electrons. The van der Waals surface area contributed by atoms with E-state index in [0.29, 0.717) is 18.7 Å². The molecule has 1 aliphatic heterocycles. The van der Waals surface area contributed by atoms with E-state index in [-0.39, 0.29) is 4.75 Å². The molecule has 0 atom stereocenters. The third-order valence-corrected chi connectivity index (χ3v) is 5.34. The number of piperidine rings is 1. The standard InChI is InChI=1S/C14H20F2N2S/c1-19-14(10-17)2-4-18(5-3-14)9-11-6-12(15)8-13(16)7-11/h6-8H,2-5,9-10,17H2,1H3. The van der Waals surface area contributed by atoms with Crippen LogP contribution in [0.5, 0.6) is 0 Å². The molecule has 2 N–H and O–H groups in total. The van der Waals surface area contributed by atoms with Gasteiger partial charge in [-0.2, -0.15) is 11.8 Å². The number of hydrogen-bond donors (Lipinski definition) is 1. The molecule has 0 spiro atoms. The molecule has 0 aromatic heterocycles. The van der Waals surface area contributed by atoms with Crippen LogP contribution >= 0.6 is 11.8 Å². The molecular formula is C14H20F2N2S. The monoisotopic (exact) mass is 286 g/mol. The van der Waals surface area contributed by atoms with Crippen molar-refractivity contribution in [1.82, 2.24) is 4.90 Å². The Morgan fingerprint density at radius 2 is 1.79 bits per heavy atom. The number of rotatable bonds is 4. The van der Waals surface area contributed by atoms with Crippen LogP contribution in [0.1, 0.15) is 18.4 Å². The van der Waals surface area contributed by atoms with Gasteiger partial charge in [-0.05, 0) is 49.9 Å². The van der Waals surface area contributed by atoms with Crippen LogP contribution in [0.3, 0.4) is 0 Å². The summed E-state index contributed by atoms with van der Waals surface area (Å²) in [5.41, 5.74) is 6.54. The summed E-state index contributed by atoms with van der Waals surface area (Å²) in [7, 11) is 0. The summed E-state index contributed by atoms with van der Waals surface area (Å²) in [4.78, 5) is 2.23. The molecule has 1 aromatic carbocycles. The fourth-order valence-electron chi connectivity index (χ4n) is 2.57. The predicted molar refractivity (Wildman–Crippen MR) is 76.2 cm³/mol. The first kappa shape index (κ1) is 14.8. The lowest BCUT2D eigenvalue weighted by Gasteiger charge is -2.40.